The van der Waals surface area contributed by atoms with Crippen LogP contribution in [0.5, 0.6) is 0 Å². The molecule has 5 nitrogen and oxygen atoms in total. The maximum atomic E-state index is 5.74. The van der Waals surface area contributed by atoms with Gasteiger partial charge >= 0.3 is 0 Å². The molecule has 23 heavy (non-hydrogen) atoms. The van der Waals surface area contributed by atoms with Crippen molar-refractivity contribution < 1.29 is 0 Å². The lowest BCUT2D eigenvalue weighted by atomic mass is 10.0. The first-order chi connectivity index (χ1) is 11.3. The number of pyridine rings is 1. The van der Waals surface area contributed by atoms with E-state index in [0.717, 1.165) is 42.1 Å². The van der Waals surface area contributed by atoms with Gasteiger partial charge < -0.3 is 10.6 Å². The van der Waals surface area contributed by atoms with Crippen LogP contribution < -0.4 is 10.6 Å². The summed E-state index contributed by atoms with van der Waals surface area (Å²) in [5.74, 6) is 1.13. The predicted molar refractivity (Wildman–Crippen MR) is 91.4 cm³/mol. The summed E-state index contributed by atoms with van der Waals surface area (Å²) in [5.41, 5.74) is 10.2. The Bertz CT molecular complexity index is 832. The molecule has 2 N–H and O–H groups in total. The van der Waals surface area contributed by atoms with Crippen LogP contribution in [-0.4, -0.2) is 21.5 Å². The summed E-state index contributed by atoms with van der Waals surface area (Å²) in [5, 5.41) is 0. The van der Waals surface area contributed by atoms with Crippen molar-refractivity contribution in [3.05, 3.63) is 60.4 Å². The molecule has 0 fully saturated rings. The van der Waals surface area contributed by atoms with Crippen LogP contribution in [-0.2, 0) is 6.42 Å². The number of hydrogen-bond acceptors (Lipinski definition) is 5. The number of anilines is 3. The van der Waals surface area contributed by atoms with Crippen molar-refractivity contribution in [3.63, 3.8) is 0 Å². The highest BCUT2D eigenvalue weighted by Gasteiger charge is 2.20. The number of benzene rings is 1. The molecule has 0 saturated heterocycles. The van der Waals surface area contributed by atoms with Crippen molar-refractivity contribution >= 4 is 17.5 Å². The Morgan fingerprint density at radius 2 is 1.91 bits per heavy atom. The van der Waals surface area contributed by atoms with E-state index in [1.165, 1.54) is 5.56 Å². The molecule has 3 heterocycles. The minimum Gasteiger partial charge on any atom is -0.368 e. The third kappa shape index (κ3) is 2.61. The van der Waals surface area contributed by atoms with Gasteiger partial charge in [0.25, 0.3) is 0 Å². The first-order valence-electron chi connectivity index (χ1n) is 7.72. The molecule has 1 aliphatic heterocycles. The summed E-state index contributed by atoms with van der Waals surface area (Å²) in [7, 11) is 0. The standard InChI is InChI=1S/C18H17N5/c19-18-20-9-8-17(22-18)23-10-4-7-14-12-21-15(11-16(14)23)13-5-2-1-3-6-13/h1-3,5-6,8-9,11-12H,4,7,10H2,(H2,19,20,22). The summed E-state index contributed by atoms with van der Waals surface area (Å²) < 4.78 is 0. The zero-order valence-electron chi connectivity index (χ0n) is 12.7. The molecule has 0 aliphatic carbocycles. The van der Waals surface area contributed by atoms with Gasteiger partial charge in [-0.15, -0.1) is 0 Å². The van der Waals surface area contributed by atoms with Crippen LogP contribution in [0.1, 0.15) is 12.0 Å². The lowest BCUT2D eigenvalue weighted by molar-refractivity contribution is 0.755. The topological polar surface area (TPSA) is 67.9 Å². The number of rotatable bonds is 2. The van der Waals surface area contributed by atoms with Crippen molar-refractivity contribution in [2.45, 2.75) is 12.8 Å². The number of fused-ring (bicyclic) bond motifs is 1. The van der Waals surface area contributed by atoms with Gasteiger partial charge in [0.15, 0.2) is 0 Å². The third-order valence-corrected chi connectivity index (χ3v) is 4.09. The second-order valence-corrected chi connectivity index (χ2v) is 5.59. The molecule has 0 saturated carbocycles. The van der Waals surface area contributed by atoms with Gasteiger partial charge in [-0.1, -0.05) is 30.3 Å². The molecule has 0 unspecified atom stereocenters. The fourth-order valence-corrected chi connectivity index (χ4v) is 2.98. The Kier molecular flexibility index (Phi) is 3.38. The third-order valence-electron chi connectivity index (χ3n) is 4.09. The number of nitrogens with two attached hydrogens (primary N) is 1. The molecule has 0 spiro atoms. The quantitative estimate of drug-likeness (QED) is 0.787. The van der Waals surface area contributed by atoms with Crippen molar-refractivity contribution in [1.29, 1.82) is 0 Å². The van der Waals surface area contributed by atoms with Gasteiger partial charge in [-0.05, 0) is 30.5 Å². The highest BCUT2D eigenvalue weighted by molar-refractivity contribution is 5.71. The van der Waals surface area contributed by atoms with E-state index in [0.29, 0.717) is 5.95 Å². The number of nitrogen functional groups attached to an aromatic ring is 1. The van der Waals surface area contributed by atoms with Gasteiger partial charge in [0.2, 0.25) is 5.95 Å². The van der Waals surface area contributed by atoms with Crippen molar-refractivity contribution in [1.82, 2.24) is 15.0 Å². The van der Waals surface area contributed by atoms with E-state index in [1.807, 2.05) is 30.5 Å². The molecule has 0 radical (unpaired) electrons. The maximum Gasteiger partial charge on any atom is 0.221 e. The van der Waals surface area contributed by atoms with Crippen molar-refractivity contribution in [2.75, 3.05) is 17.2 Å². The normalized spacial score (nSPS) is 13.7. The average molecular weight is 303 g/mol. The van der Waals surface area contributed by atoms with Crippen molar-refractivity contribution in [3.8, 4) is 11.3 Å². The fourth-order valence-electron chi connectivity index (χ4n) is 2.98. The lowest BCUT2D eigenvalue weighted by Gasteiger charge is -2.30. The highest BCUT2D eigenvalue weighted by atomic mass is 15.2. The molecular weight excluding hydrogens is 286 g/mol. The second-order valence-electron chi connectivity index (χ2n) is 5.59. The SMILES string of the molecule is Nc1nccc(N2CCCc3cnc(-c4ccccc4)cc32)n1. The van der Waals surface area contributed by atoms with Gasteiger partial charge in [-0.3, -0.25) is 4.98 Å². The van der Waals surface area contributed by atoms with Gasteiger partial charge in [-0.2, -0.15) is 4.98 Å². The Morgan fingerprint density at radius 3 is 2.74 bits per heavy atom. The van der Waals surface area contributed by atoms with Gasteiger partial charge in [-0.25, -0.2) is 4.98 Å². The lowest BCUT2D eigenvalue weighted by Crippen LogP contribution is -2.26. The van der Waals surface area contributed by atoms with E-state index in [2.05, 4.69) is 38.1 Å². The van der Waals surface area contributed by atoms with Crippen LogP contribution in [0.15, 0.2) is 54.9 Å². The maximum absolute atomic E-state index is 5.74. The molecule has 5 heteroatoms. The van der Waals surface area contributed by atoms with E-state index in [4.69, 9.17) is 5.73 Å². The van der Waals surface area contributed by atoms with Crippen LogP contribution in [0, 0.1) is 0 Å². The van der Waals surface area contributed by atoms with Crippen LogP contribution in [0.3, 0.4) is 0 Å². The zero-order chi connectivity index (χ0) is 15.6. The summed E-state index contributed by atoms with van der Waals surface area (Å²) in [6, 6.07) is 14.3. The van der Waals surface area contributed by atoms with E-state index in [9.17, 15) is 0 Å². The van der Waals surface area contributed by atoms with Crippen LogP contribution >= 0.6 is 0 Å². The Labute approximate surface area is 134 Å². The van der Waals surface area contributed by atoms with Gasteiger partial charge in [0.05, 0.1) is 5.69 Å². The monoisotopic (exact) mass is 303 g/mol. The first kappa shape index (κ1) is 13.7. The van der Waals surface area contributed by atoms with E-state index in [-0.39, 0.29) is 0 Å². The Hall–Kier alpha value is -2.95. The van der Waals surface area contributed by atoms with Crippen LogP contribution in [0.4, 0.5) is 17.5 Å². The number of hydrogen-bond donors (Lipinski definition) is 1. The zero-order valence-corrected chi connectivity index (χ0v) is 12.7. The minimum atomic E-state index is 0.298. The average Bonchev–Trinajstić information content (AvgIpc) is 2.61. The number of aryl methyl sites for hydroxylation is 1. The van der Waals surface area contributed by atoms with Gasteiger partial charge in [0, 0.05) is 30.2 Å². The predicted octanol–water partition coefficient (Wildman–Crippen LogP) is 3.21. The second kappa shape index (κ2) is 5.68. The molecule has 114 valence electrons. The molecule has 3 aromatic rings. The van der Waals surface area contributed by atoms with E-state index in [1.54, 1.807) is 6.20 Å². The molecule has 1 aromatic carbocycles. The molecule has 0 amide bonds. The van der Waals surface area contributed by atoms with E-state index < -0.39 is 0 Å². The molecule has 1 aliphatic rings. The summed E-state index contributed by atoms with van der Waals surface area (Å²) >= 11 is 0. The highest BCUT2D eigenvalue weighted by Crippen LogP contribution is 2.34. The van der Waals surface area contributed by atoms with Crippen LogP contribution in [0.25, 0.3) is 11.3 Å². The van der Waals surface area contributed by atoms with Crippen LogP contribution in [0.2, 0.25) is 0 Å². The van der Waals surface area contributed by atoms with Gasteiger partial charge in [0.1, 0.15) is 5.82 Å². The minimum absolute atomic E-state index is 0.298. The summed E-state index contributed by atoms with van der Waals surface area (Å²) in [6.07, 6.45) is 5.79. The number of aromatic nitrogens is 3. The number of nitrogens with zero attached hydrogens (tertiary/aromatic N) is 4. The fraction of sp³-hybridized carbons (Fsp3) is 0.167. The summed E-state index contributed by atoms with van der Waals surface area (Å²) in [6.45, 7) is 0.918. The molecule has 2 aromatic heterocycles. The first-order valence-corrected chi connectivity index (χ1v) is 7.72. The molecular formula is C18H17N5. The molecule has 4 rings (SSSR count). The Balaban J connectivity index is 1.80. The largest absolute Gasteiger partial charge is 0.368 e. The molecule has 0 atom stereocenters. The summed E-state index contributed by atoms with van der Waals surface area (Å²) in [4.78, 5) is 15.2. The Morgan fingerprint density at radius 1 is 1.04 bits per heavy atom. The smallest absolute Gasteiger partial charge is 0.221 e. The molecule has 0 bridgehead atoms. The van der Waals surface area contributed by atoms with E-state index >= 15 is 0 Å². The van der Waals surface area contributed by atoms with Crippen molar-refractivity contribution in [2.24, 2.45) is 0 Å².